The van der Waals surface area contributed by atoms with Gasteiger partial charge in [0.1, 0.15) is 5.82 Å². The number of nitrogens with zero attached hydrogens (tertiary/aromatic N) is 3. The number of nitrogens with one attached hydrogen (secondary N) is 2. The Labute approximate surface area is 124 Å². The summed E-state index contributed by atoms with van der Waals surface area (Å²) in [7, 11) is 0.121. The zero-order valence-electron chi connectivity index (χ0n) is 12.1. The first-order valence-corrected chi connectivity index (χ1v) is 8.06. The van der Waals surface area contributed by atoms with Crippen LogP contribution in [0.5, 0.6) is 0 Å². The van der Waals surface area contributed by atoms with E-state index >= 15 is 0 Å². The van der Waals surface area contributed by atoms with Gasteiger partial charge in [-0.1, -0.05) is 6.07 Å². The Morgan fingerprint density at radius 1 is 1.29 bits per heavy atom. The van der Waals surface area contributed by atoms with E-state index in [1.165, 1.54) is 6.07 Å². The molecule has 0 unspecified atom stereocenters. The summed E-state index contributed by atoms with van der Waals surface area (Å²) >= 11 is 0. The van der Waals surface area contributed by atoms with Crippen molar-refractivity contribution in [3.63, 3.8) is 0 Å². The number of rotatable bonds is 7. The van der Waals surface area contributed by atoms with Crippen LogP contribution in [-0.2, 0) is 30.0 Å². The van der Waals surface area contributed by atoms with Crippen molar-refractivity contribution in [2.75, 3.05) is 13.6 Å². The van der Waals surface area contributed by atoms with Crippen LogP contribution in [0.1, 0.15) is 11.4 Å². The normalized spacial score (nSPS) is 11.7. The highest BCUT2D eigenvalue weighted by Gasteiger charge is 2.15. The summed E-state index contributed by atoms with van der Waals surface area (Å²) in [6.07, 6.45) is 5.60. The fourth-order valence-corrected chi connectivity index (χ4v) is 2.84. The number of imidazole rings is 1. The van der Waals surface area contributed by atoms with E-state index in [1.807, 2.05) is 24.9 Å². The first-order chi connectivity index (χ1) is 10.0. The van der Waals surface area contributed by atoms with Crippen molar-refractivity contribution in [3.8, 4) is 0 Å². The predicted octanol–water partition coefficient (Wildman–Crippen LogP) is 0.0555. The van der Waals surface area contributed by atoms with Gasteiger partial charge in [-0.25, -0.2) is 23.1 Å². The van der Waals surface area contributed by atoms with Crippen molar-refractivity contribution < 1.29 is 8.42 Å². The van der Waals surface area contributed by atoms with E-state index in [0.717, 1.165) is 11.4 Å². The third-order valence-electron chi connectivity index (χ3n) is 3.02. The largest absolute Gasteiger partial charge is 0.338 e. The third kappa shape index (κ3) is 4.10. The molecule has 0 atom stereocenters. The minimum absolute atomic E-state index is 0.0298. The monoisotopic (exact) mass is 309 g/mol. The lowest BCUT2D eigenvalue weighted by molar-refractivity contribution is 0.576. The fraction of sp³-hybridized carbons (Fsp3) is 0.385. The summed E-state index contributed by atoms with van der Waals surface area (Å²) in [5.74, 6) is 0.829. The number of pyridine rings is 1. The van der Waals surface area contributed by atoms with Crippen LogP contribution < -0.4 is 10.0 Å². The average molecular weight is 309 g/mol. The predicted molar refractivity (Wildman–Crippen MR) is 79.1 cm³/mol. The van der Waals surface area contributed by atoms with E-state index in [4.69, 9.17) is 0 Å². The molecule has 2 heterocycles. The number of aromatic nitrogens is 3. The van der Waals surface area contributed by atoms with Crippen LogP contribution in [0, 0.1) is 0 Å². The van der Waals surface area contributed by atoms with Crippen LogP contribution in [0.25, 0.3) is 0 Å². The summed E-state index contributed by atoms with van der Waals surface area (Å²) in [5.41, 5.74) is 0.935. The molecular weight excluding hydrogens is 290 g/mol. The number of hydrogen-bond donors (Lipinski definition) is 2. The topological polar surface area (TPSA) is 88.9 Å². The van der Waals surface area contributed by atoms with Gasteiger partial charge in [0.15, 0.2) is 5.03 Å². The van der Waals surface area contributed by atoms with Gasteiger partial charge < -0.3 is 9.88 Å². The van der Waals surface area contributed by atoms with Crippen molar-refractivity contribution in [1.29, 1.82) is 0 Å². The highest BCUT2D eigenvalue weighted by molar-refractivity contribution is 7.89. The van der Waals surface area contributed by atoms with Gasteiger partial charge in [0.2, 0.25) is 0 Å². The summed E-state index contributed by atoms with van der Waals surface area (Å²) < 4.78 is 28.6. The van der Waals surface area contributed by atoms with Gasteiger partial charge in [0.25, 0.3) is 10.0 Å². The highest BCUT2D eigenvalue weighted by Crippen LogP contribution is 2.06. The second kappa shape index (κ2) is 6.79. The lowest BCUT2D eigenvalue weighted by Crippen LogP contribution is -2.27. The molecule has 2 rings (SSSR count). The van der Waals surface area contributed by atoms with E-state index in [-0.39, 0.29) is 11.6 Å². The van der Waals surface area contributed by atoms with Crippen LogP contribution in [0.2, 0.25) is 0 Å². The van der Waals surface area contributed by atoms with Gasteiger partial charge in [-0.2, -0.15) is 0 Å². The van der Waals surface area contributed by atoms with Crippen LogP contribution in [0.4, 0.5) is 0 Å². The molecule has 21 heavy (non-hydrogen) atoms. The van der Waals surface area contributed by atoms with E-state index in [1.54, 1.807) is 18.5 Å². The van der Waals surface area contributed by atoms with Crippen molar-refractivity contribution in [2.24, 2.45) is 7.05 Å². The summed E-state index contributed by atoms with van der Waals surface area (Å²) in [5, 5.41) is 3.01. The van der Waals surface area contributed by atoms with Crippen molar-refractivity contribution in [3.05, 3.63) is 42.1 Å². The molecular formula is C13H19N5O2S. The van der Waals surface area contributed by atoms with Crippen LogP contribution in [0.3, 0.4) is 0 Å². The molecule has 0 amide bonds. The van der Waals surface area contributed by atoms with Gasteiger partial charge in [0.05, 0.1) is 0 Å². The molecule has 0 aliphatic carbocycles. The number of sulfonamides is 1. The number of hydrogen-bond acceptors (Lipinski definition) is 5. The second-order valence-electron chi connectivity index (χ2n) is 4.64. The smallest absolute Gasteiger partial charge is 0.258 e. The maximum atomic E-state index is 12.1. The molecule has 0 bridgehead atoms. The van der Waals surface area contributed by atoms with E-state index < -0.39 is 10.0 Å². The minimum atomic E-state index is -3.58. The molecule has 8 heteroatoms. The van der Waals surface area contributed by atoms with E-state index in [9.17, 15) is 8.42 Å². The first kappa shape index (κ1) is 15.6. The SMILES string of the molecule is CNCc1ccc(S(=O)(=O)NCCc2nccn2C)nc1. The third-order valence-corrected chi connectivity index (χ3v) is 4.39. The molecule has 0 aliphatic heterocycles. The van der Waals surface area contributed by atoms with Crippen molar-refractivity contribution >= 4 is 10.0 Å². The fourth-order valence-electron chi connectivity index (χ4n) is 1.89. The van der Waals surface area contributed by atoms with E-state index in [2.05, 4.69) is 20.0 Å². The molecule has 7 nitrogen and oxygen atoms in total. The van der Waals surface area contributed by atoms with Gasteiger partial charge in [0, 0.05) is 45.1 Å². The van der Waals surface area contributed by atoms with E-state index in [0.29, 0.717) is 13.0 Å². The summed E-state index contributed by atoms with van der Waals surface area (Å²) in [4.78, 5) is 8.14. The first-order valence-electron chi connectivity index (χ1n) is 6.58. The Hall–Kier alpha value is -1.77. The molecule has 0 aromatic carbocycles. The van der Waals surface area contributed by atoms with Gasteiger partial charge >= 0.3 is 0 Å². The van der Waals surface area contributed by atoms with Crippen LogP contribution >= 0.6 is 0 Å². The zero-order chi connectivity index (χ0) is 15.3. The Balaban J connectivity index is 1.96. The highest BCUT2D eigenvalue weighted by atomic mass is 32.2. The van der Waals surface area contributed by atoms with Gasteiger partial charge in [-0.05, 0) is 18.7 Å². The molecule has 2 aromatic rings. The molecule has 0 aliphatic rings. The Morgan fingerprint density at radius 3 is 2.67 bits per heavy atom. The maximum Gasteiger partial charge on any atom is 0.258 e. The lowest BCUT2D eigenvalue weighted by Gasteiger charge is -2.07. The molecule has 0 fully saturated rings. The van der Waals surface area contributed by atoms with Crippen molar-refractivity contribution in [1.82, 2.24) is 24.6 Å². The standard InChI is InChI=1S/C13H19N5O2S/c1-14-9-11-3-4-13(16-10-11)21(19,20)17-6-5-12-15-7-8-18(12)2/h3-4,7-8,10,14,17H,5-6,9H2,1-2H3. The average Bonchev–Trinajstić information content (AvgIpc) is 2.85. The zero-order valence-corrected chi connectivity index (χ0v) is 12.9. The molecule has 2 N–H and O–H groups in total. The molecule has 2 aromatic heterocycles. The van der Waals surface area contributed by atoms with Gasteiger partial charge in [-0.3, -0.25) is 0 Å². The lowest BCUT2D eigenvalue weighted by atomic mass is 10.3. The summed E-state index contributed by atoms with van der Waals surface area (Å²) in [6.45, 7) is 0.938. The van der Waals surface area contributed by atoms with Crippen LogP contribution in [-0.4, -0.2) is 36.5 Å². The Kier molecular flexibility index (Phi) is 5.05. The second-order valence-corrected chi connectivity index (χ2v) is 6.35. The molecule has 0 saturated heterocycles. The van der Waals surface area contributed by atoms with Gasteiger partial charge in [-0.15, -0.1) is 0 Å². The Bertz CT molecular complexity index is 679. The molecule has 114 valence electrons. The molecule has 0 spiro atoms. The van der Waals surface area contributed by atoms with Crippen LogP contribution in [0.15, 0.2) is 35.7 Å². The maximum absolute atomic E-state index is 12.1. The molecule has 0 saturated carbocycles. The number of aryl methyl sites for hydroxylation is 1. The Morgan fingerprint density at radius 2 is 2.10 bits per heavy atom. The van der Waals surface area contributed by atoms with Crippen molar-refractivity contribution in [2.45, 2.75) is 18.0 Å². The molecule has 0 radical (unpaired) electrons. The quantitative estimate of drug-likeness (QED) is 0.755. The minimum Gasteiger partial charge on any atom is -0.338 e. The summed E-state index contributed by atoms with van der Waals surface area (Å²) in [6, 6.07) is 3.26.